The number of carbonyl (C=O) groups is 2. The van der Waals surface area contributed by atoms with Crippen LogP contribution in [0.4, 0.5) is 0 Å². The Morgan fingerprint density at radius 2 is 1.68 bits per heavy atom. The van der Waals surface area contributed by atoms with Gasteiger partial charge in [0.2, 0.25) is 0 Å². The number of benzene rings is 1. The Hall–Kier alpha value is -2.41. The summed E-state index contributed by atoms with van der Waals surface area (Å²) < 4.78 is 0. The lowest BCUT2D eigenvalue weighted by atomic mass is 10.0. The van der Waals surface area contributed by atoms with Crippen LogP contribution in [0.15, 0.2) is 29.3 Å². The molecule has 31 heavy (non-hydrogen) atoms. The summed E-state index contributed by atoms with van der Waals surface area (Å²) in [6.07, 6.45) is 6.41. The minimum Gasteiger partial charge on any atom is -0.357 e. The molecular formula is C24H37N5O2. The lowest BCUT2D eigenvalue weighted by Crippen LogP contribution is -2.48. The highest BCUT2D eigenvalue weighted by Crippen LogP contribution is 2.22. The molecular weight excluding hydrogens is 390 g/mol. The number of hydrogen-bond donors (Lipinski definition) is 2. The van der Waals surface area contributed by atoms with E-state index in [9.17, 15) is 9.59 Å². The number of aliphatic imine (C=N–C) groups is 1. The van der Waals surface area contributed by atoms with Crippen LogP contribution in [0.5, 0.6) is 0 Å². The van der Waals surface area contributed by atoms with Crippen LogP contribution < -0.4 is 10.6 Å². The molecule has 0 aliphatic carbocycles. The van der Waals surface area contributed by atoms with Crippen molar-refractivity contribution in [3.8, 4) is 0 Å². The van der Waals surface area contributed by atoms with Crippen LogP contribution in [0, 0.1) is 0 Å². The second-order valence-electron chi connectivity index (χ2n) is 8.39. The molecule has 2 aliphatic heterocycles. The molecule has 1 fully saturated rings. The van der Waals surface area contributed by atoms with E-state index in [0.29, 0.717) is 30.3 Å². The molecule has 7 heteroatoms. The number of unbranched alkanes of at least 4 members (excludes halogenated alkanes) is 2. The van der Waals surface area contributed by atoms with Crippen LogP contribution >= 0.6 is 0 Å². The number of rotatable bonds is 10. The van der Waals surface area contributed by atoms with E-state index >= 15 is 0 Å². The Bertz CT molecular complexity index is 736. The number of nitrogens with zero attached hydrogens (tertiary/aromatic N) is 3. The minimum atomic E-state index is -0.176. The molecule has 1 aromatic rings. The first kappa shape index (κ1) is 23.3. The van der Waals surface area contributed by atoms with Gasteiger partial charge >= 0.3 is 0 Å². The van der Waals surface area contributed by atoms with Gasteiger partial charge < -0.3 is 15.5 Å². The highest BCUT2D eigenvalue weighted by molar-refractivity contribution is 6.21. The summed E-state index contributed by atoms with van der Waals surface area (Å²) in [4.78, 5) is 33.5. The van der Waals surface area contributed by atoms with E-state index < -0.39 is 0 Å². The summed E-state index contributed by atoms with van der Waals surface area (Å²) in [5.74, 6) is 0.518. The number of fused-ring (bicyclic) bond motifs is 1. The zero-order valence-electron chi connectivity index (χ0n) is 19.0. The fraction of sp³-hybridized carbons (Fsp3) is 0.625. The topological polar surface area (TPSA) is 77.0 Å². The fourth-order valence-electron chi connectivity index (χ4n) is 4.21. The van der Waals surface area contributed by atoms with Crippen molar-refractivity contribution in [3.63, 3.8) is 0 Å². The Labute approximate surface area is 186 Å². The molecule has 0 spiro atoms. The van der Waals surface area contributed by atoms with Gasteiger partial charge in [-0.2, -0.15) is 0 Å². The summed E-state index contributed by atoms with van der Waals surface area (Å²) in [6.45, 7) is 9.78. The van der Waals surface area contributed by atoms with E-state index in [1.807, 2.05) is 0 Å². The van der Waals surface area contributed by atoms with Crippen LogP contribution in [0.3, 0.4) is 0 Å². The van der Waals surface area contributed by atoms with Crippen molar-refractivity contribution >= 4 is 17.8 Å². The molecule has 2 aliphatic rings. The molecule has 1 aromatic carbocycles. The molecule has 1 saturated heterocycles. The number of likely N-dealkylation sites (tertiary alicyclic amines) is 1. The van der Waals surface area contributed by atoms with Gasteiger partial charge in [0.1, 0.15) is 0 Å². The number of hydrogen-bond acceptors (Lipinski definition) is 4. The lowest BCUT2D eigenvalue weighted by Gasteiger charge is -2.33. The molecule has 0 atom stereocenters. The number of guanidine groups is 1. The predicted octanol–water partition coefficient (Wildman–Crippen LogP) is 2.88. The minimum absolute atomic E-state index is 0.176. The third-order valence-corrected chi connectivity index (χ3v) is 6.04. The van der Waals surface area contributed by atoms with Crippen LogP contribution in [0.25, 0.3) is 0 Å². The molecule has 0 radical (unpaired) electrons. The Kier molecular flexibility index (Phi) is 8.88. The van der Waals surface area contributed by atoms with Gasteiger partial charge in [0, 0.05) is 38.8 Å². The van der Waals surface area contributed by atoms with E-state index in [1.54, 1.807) is 24.3 Å². The quantitative estimate of drug-likeness (QED) is 0.260. The number of nitrogens with one attached hydrogen (secondary N) is 2. The van der Waals surface area contributed by atoms with Gasteiger partial charge in [0.25, 0.3) is 11.8 Å². The highest BCUT2D eigenvalue weighted by atomic mass is 16.2. The molecule has 0 unspecified atom stereocenters. The number of imide groups is 1. The first-order valence-electron chi connectivity index (χ1n) is 11.9. The van der Waals surface area contributed by atoms with Crippen molar-refractivity contribution in [2.24, 2.45) is 4.99 Å². The number of amides is 2. The molecule has 3 rings (SSSR count). The molecule has 170 valence electrons. The van der Waals surface area contributed by atoms with Crippen molar-refractivity contribution in [2.45, 2.75) is 58.4 Å². The zero-order chi connectivity index (χ0) is 22.1. The van der Waals surface area contributed by atoms with E-state index in [4.69, 9.17) is 4.99 Å². The third kappa shape index (κ3) is 6.29. The molecule has 2 N–H and O–H groups in total. The molecule has 2 amide bonds. The van der Waals surface area contributed by atoms with Crippen LogP contribution in [-0.4, -0.2) is 72.9 Å². The number of piperidine rings is 1. The smallest absolute Gasteiger partial charge is 0.261 e. The molecule has 0 aromatic heterocycles. The second-order valence-corrected chi connectivity index (χ2v) is 8.39. The fourth-order valence-corrected chi connectivity index (χ4v) is 4.21. The third-order valence-electron chi connectivity index (χ3n) is 6.04. The van der Waals surface area contributed by atoms with E-state index in [1.165, 1.54) is 24.3 Å². The first-order chi connectivity index (χ1) is 15.1. The molecule has 7 nitrogen and oxygen atoms in total. The van der Waals surface area contributed by atoms with Crippen molar-refractivity contribution in [1.82, 2.24) is 20.4 Å². The van der Waals surface area contributed by atoms with Gasteiger partial charge in [-0.05, 0) is 57.7 Å². The van der Waals surface area contributed by atoms with Gasteiger partial charge in [-0.25, -0.2) is 0 Å². The van der Waals surface area contributed by atoms with Crippen molar-refractivity contribution < 1.29 is 9.59 Å². The molecule has 2 heterocycles. The standard InChI is InChI=1S/C24H37N5O2/c1-3-5-15-28-17-12-19(13-18-28)27-24(25-4-2)26-14-8-9-16-29-22(30)20-10-6-7-11-21(20)23(29)31/h6-7,10-11,19H,3-5,8-9,12-18H2,1-2H3,(H2,25,26,27). The second kappa shape index (κ2) is 11.8. The van der Waals surface area contributed by atoms with E-state index in [0.717, 1.165) is 51.3 Å². The maximum absolute atomic E-state index is 12.4. The van der Waals surface area contributed by atoms with Crippen molar-refractivity contribution in [1.29, 1.82) is 0 Å². The SMILES string of the molecule is CCCCN1CCC(NC(=NCCCCN2C(=O)c3ccccc3C2=O)NCC)CC1. The number of carbonyl (C=O) groups excluding carboxylic acids is 2. The monoisotopic (exact) mass is 427 g/mol. The van der Waals surface area contributed by atoms with Gasteiger partial charge in [0.15, 0.2) is 5.96 Å². The van der Waals surface area contributed by atoms with E-state index in [-0.39, 0.29) is 11.8 Å². The van der Waals surface area contributed by atoms with Gasteiger partial charge in [-0.1, -0.05) is 25.5 Å². The summed E-state index contributed by atoms with van der Waals surface area (Å²) in [5.41, 5.74) is 1.04. The summed E-state index contributed by atoms with van der Waals surface area (Å²) in [7, 11) is 0. The highest BCUT2D eigenvalue weighted by Gasteiger charge is 2.34. The lowest BCUT2D eigenvalue weighted by molar-refractivity contribution is 0.0652. The Morgan fingerprint density at radius 1 is 1.00 bits per heavy atom. The van der Waals surface area contributed by atoms with Crippen LogP contribution in [-0.2, 0) is 0 Å². The van der Waals surface area contributed by atoms with E-state index in [2.05, 4.69) is 29.4 Å². The largest absolute Gasteiger partial charge is 0.357 e. The maximum Gasteiger partial charge on any atom is 0.261 e. The summed E-state index contributed by atoms with van der Waals surface area (Å²) in [5, 5.41) is 6.93. The summed E-state index contributed by atoms with van der Waals surface area (Å²) >= 11 is 0. The van der Waals surface area contributed by atoms with Gasteiger partial charge in [-0.3, -0.25) is 19.5 Å². The van der Waals surface area contributed by atoms with Crippen LogP contribution in [0.2, 0.25) is 0 Å². The van der Waals surface area contributed by atoms with Crippen LogP contribution in [0.1, 0.15) is 73.1 Å². The molecule has 0 saturated carbocycles. The average molecular weight is 428 g/mol. The van der Waals surface area contributed by atoms with Gasteiger partial charge in [-0.15, -0.1) is 0 Å². The van der Waals surface area contributed by atoms with Gasteiger partial charge in [0.05, 0.1) is 11.1 Å². The predicted molar refractivity (Wildman–Crippen MR) is 125 cm³/mol. The summed E-state index contributed by atoms with van der Waals surface area (Å²) in [6, 6.07) is 7.51. The normalized spacial score (nSPS) is 17.9. The maximum atomic E-state index is 12.4. The Balaban J connectivity index is 1.39. The average Bonchev–Trinajstić information content (AvgIpc) is 3.03. The van der Waals surface area contributed by atoms with Crippen molar-refractivity contribution in [2.75, 3.05) is 39.3 Å². The Morgan fingerprint density at radius 3 is 2.29 bits per heavy atom. The first-order valence-corrected chi connectivity index (χ1v) is 11.9. The van der Waals surface area contributed by atoms with Crippen molar-refractivity contribution in [3.05, 3.63) is 35.4 Å². The zero-order valence-corrected chi connectivity index (χ0v) is 19.0. The molecule has 0 bridgehead atoms.